The number of halogens is 2. The minimum absolute atomic E-state index is 0.158. The molecule has 8 heteroatoms. The van der Waals surface area contributed by atoms with E-state index in [1.165, 1.54) is 11.3 Å². The lowest BCUT2D eigenvalue weighted by atomic mass is 10.2. The van der Waals surface area contributed by atoms with Gasteiger partial charge in [-0.25, -0.2) is 0 Å². The molecule has 0 bridgehead atoms. The van der Waals surface area contributed by atoms with Gasteiger partial charge < -0.3 is 15.1 Å². The summed E-state index contributed by atoms with van der Waals surface area (Å²) in [4.78, 5) is 24.5. The van der Waals surface area contributed by atoms with Crippen molar-refractivity contribution in [2.75, 3.05) is 13.1 Å². The zero-order valence-corrected chi connectivity index (χ0v) is 15.8. The average molecular weight is 409 g/mol. The van der Waals surface area contributed by atoms with Gasteiger partial charge in [0.05, 0.1) is 14.9 Å². The monoisotopic (exact) mass is 408 g/mol. The second-order valence-corrected chi connectivity index (χ2v) is 7.04. The standard InChI is InChI=1S/C18H14Cl2N2O3S/c19-12-4-3-11(10-13(12)20)14-5-6-15(25-14)17(23)21-7-8-22-18(24)16-2-1-9-26-16/h1-6,9-10H,7-8H2,(H,21,23)(H,22,24). The molecule has 0 saturated heterocycles. The van der Waals surface area contributed by atoms with Gasteiger partial charge in [-0.2, -0.15) is 0 Å². The van der Waals surface area contributed by atoms with Gasteiger partial charge in [-0.3, -0.25) is 9.59 Å². The summed E-state index contributed by atoms with van der Waals surface area (Å²) in [7, 11) is 0. The predicted octanol–water partition coefficient (Wildman–Crippen LogP) is 4.47. The molecule has 0 radical (unpaired) electrons. The van der Waals surface area contributed by atoms with Crippen molar-refractivity contribution in [3.05, 3.63) is 68.5 Å². The minimum atomic E-state index is -0.360. The SMILES string of the molecule is O=C(NCCNC(=O)c1cccs1)c1ccc(-c2ccc(Cl)c(Cl)c2)o1. The molecule has 0 aliphatic heterocycles. The summed E-state index contributed by atoms with van der Waals surface area (Å²) in [6.45, 7) is 0.613. The largest absolute Gasteiger partial charge is 0.451 e. The molecule has 0 spiro atoms. The Bertz CT molecular complexity index is 922. The smallest absolute Gasteiger partial charge is 0.287 e. The van der Waals surface area contributed by atoms with Crippen molar-refractivity contribution in [1.29, 1.82) is 0 Å². The van der Waals surface area contributed by atoms with E-state index in [1.54, 1.807) is 36.4 Å². The third-order valence-corrected chi connectivity index (χ3v) is 5.08. The number of hydrogen-bond acceptors (Lipinski definition) is 4. The van der Waals surface area contributed by atoms with E-state index < -0.39 is 0 Å². The highest BCUT2D eigenvalue weighted by atomic mass is 35.5. The molecule has 26 heavy (non-hydrogen) atoms. The molecule has 3 rings (SSSR count). The first-order chi connectivity index (χ1) is 12.5. The summed E-state index contributed by atoms with van der Waals surface area (Å²) >= 11 is 13.2. The molecule has 3 aromatic rings. The first kappa shape index (κ1) is 18.5. The number of furan rings is 1. The van der Waals surface area contributed by atoms with E-state index >= 15 is 0 Å². The normalized spacial score (nSPS) is 10.5. The predicted molar refractivity (Wildman–Crippen MR) is 103 cm³/mol. The fourth-order valence-corrected chi connectivity index (χ4v) is 3.14. The van der Waals surface area contributed by atoms with Crippen LogP contribution in [0.1, 0.15) is 20.2 Å². The van der Waals surface area contributed by atoms with E-state index in [0.29, 0.717) is 33.8 Å². The van der Waals surface area contributed by atoms with Crippen LogP contribution in [0.25, 0.3) is 11.3 Å². The molecule has 2 amide bonds. The van der Waals surface area contributed by atoms with E-state index in [2.05, 4.69) is 10.6 Å². The fourth-order valence-electron chi connectivity index (χ4n) is 2.20. The van der Waals surface area contributed by atoms with Crippen molar-refractivity contribution >= 4 is 46.4 Å². The maximum atomic E-state index is 12.1. The Kier molecular flexibility index (Phi) is 5.98. The Labute approximate surface area is 163 Å². The topological polar surface area (TPSA) is 71.3 Å². The van der Waals surface area contributed by atoms with Crippen molar-refractivity contribution in [3.8, 4) is 11.3 Å². The van der Waals surface area contributed by atoms with Gasteiger partial charge in [-0.05, 0) is 41.8 Å². The van der Waals surface area contributed by atoms with Crippen molar-refractivity contribution in [1.82, 2.24) is 10.6 Å². The molecule has 0 aliphatic carbocycles. The van der Waals surface area contributed by atoms with Crippen LogP contribution in [-0.2, 0) is 0 Å². The summed E-state index contributed by atoms with van der Waals surface area (Å²) in [6.07, 6.45) is 0. The van der Waals surface area contributed by atoms with Crippen LogP contribution in [0.15, 0.2) is 52.3 Å². The Morgan fingerprint density at radius 1 is 0.962 bits per heavy atom. The van der Waals surface area contributed by atoms with Gasteiger partial charge in [-0.1, -0.05) is 29.3 Å². The molecule has 0 saturated carbocycles. The highest BCUT2D eigenvalue weighted by molar-refractivity contribution is 7.12. The molecule has 5 nitrogen and oxygen atoms in total. The molecular weight excluding hydrogens is 395 g/mol. The maximum absolute atomic E-state index is 12.1. The molecule has 0 unspecified atom stereocenters. The maximum Gasteiger partial charge on any atom is 0.287 e. The Balaban J connectivity index is 1.51. The number of carbonyl (C=O) groups excluding carboxylic acids is 2. The molecule has 0 fully saturated rings. The molecule has 0 atom stereocenters. The van der Waals surface area contributed by atoms with Gasteiger partial charge in [0.25, 0.3) is 11.8 Å². The van der Waals surface area contributed by atoms with Gasteiger partial charge in [0, 0.05) is 18.7 Å². The third kappa shape index (κ3) is 4.46. The lowest BCUT2D eigenvalue weighted by Crippen LogP contribution is -2.34. The van der Waals surface area contributed by atoms with Gasteiger partial charge in [0.15, 0.2) is 5.76 Å². The second-order valence-electron chi connectivity index (χ2n) is 5.28. The van der Waals surface area contributed by atoms with Gasteiger partial charge >= 0.3 is 0 Å². The van der Waals surface area contributed by atoms with Crippen LogP contribution in [0.5, 0.6) is 0 Å². The zero-order valence-electron chi connectivity index (χ0n) is 13.4. The number of nitrogens with one attached hydrogen (secondary N) is 2. The Hall–Kier alpha value is -2.28. The number of carbonyl (C=O) groups is 2. The van der Waals surface area contributed by atoms with Crippen molar-refractivity contribution in [2.24, 2.45) is 0 Å². The Morgan fingerprint density at radius 3 is 2.42 bits per heavy atom. The first-order valence-corrected chi connectivity index (χ1v) is 9.33. The molecule has 1 aromatic carbocycles. The van der Waals surface area contributed by atoms with Crippen LogP contribution >= 0.6 is 34.5 Å². The summed E-state index contributed by atoms with van der Waals surface area (Å²) in [5, 5.41) is 8.12. The average Bonchev–Trinajstić information content (AvgIpc) is 3.32. The van der Waals surface area contributed by atoms with Gasteiger partial charge in [-0.15, -0.1) is 11.3 Å². The molecule has 2 aromatic heterocycles. The quantitative estimate of drug-likeness (QED) is 0.590. The lowest BCUT2D eigenvalue weighted by Gasteiger charge is -2.05. The highest BCUT2D eigenvalue weighted by Gasteiger charge is 2.13. The summed E-state index contributed by atoms with van der Waals surface area (Å²) in [5.41, 5.74) is 0.724. The molecule has 2 heterocycles. The van der Waals surface area contributed by atoms with Gasteiger partial charge in [0.2, 0.25) is 0 Å². The molecule has 134 valence electrons. The van der Waals surface area contributed by atoms with E-state index in [0.717, 1.165) is 5.56 Å². The van der Waals surface area contributed by atoms with Crippen LogP contribution in [0.2, 0.25) is 10.0 Å². The van der Waals surface area contributed by atoms with E-state index in [-0.39, 0.29) is 17.6 Å². The van der Waals surface area contributed by atoms with Crippen molar-refractivity contribution in [2.45, 2.75) is 0 Å². The summed E-state index contributed by atoms with van der Waals surface area (Å²) in [5.74, 6) is 0.172. The number of hydrogen-bond donors (Lipinski definition) is 2. The van der Waals surface area contributed by atoms with E-state index in [4.69, 9.17) is 27.6 Å². The highest BCUT2D eigenvalue weighted by Crippen LogP contribution is 2.29. The molecular formula is C18H14Cl2N2O3S. The fraction of sp³-hybridized carbons (Fsp3) is 0.111. The first-order valence-electron chi connectivity index (χ1n) is 7.70. The lowest BCUT2D eigenvalue weighted by molar-refractivity contribution is 0.0912. The zero-order chi connectivity index (χ0) is 18.5. The van der Waals surface area contributed by atoms with E-state index in [9.17, 15) is 9.59 Å². The summed E-state index contributed by atoms with van der Waals surface area (Å²) < 4.78 is 5.56. The second kappa shape index (κ2) is 8.40. The van der Waals surface area contributed by atoms with Crippen LogP contribution in [0.3, 0.4) is 0 Å². The third-order valence-electron chi connectivity index (χ3n) is 3.47. The van der Waals surface area contributed by atoms with Crippen LogP contribution in [-0.4, -0.2) is 24.9 Å². The number of rotatable bonds is 6. The van der Waals surface area contributed by atoms with E-state index in [1.807, 2.05) is 11.4 Å². The van der Waals surface area contributed by atoms with Crippen LogP contribution < -0.4 is 10.6 Å². The van der Waals surface area contributed by atoms with Gasteiger partial charge in [0.1, 0.15) is 5.76 Å². The van der Waals surface area contributed by atoms with Crippen molar-refractivity contribution in [3.63, 3.8) is 0 Å². The van der Waals surface area contributed by atoms with Crippen LogP contribution in [0, 0.1) is 0 Å². The Morgan fingerprint density at radius 2 is 1.73 bits per heavy atom. The minimum Gasteiger partial charge on any atom is -0.451 e. The number of benzene rings is 1. The number of amides is 2. The molecule has 0 aliphatic rings. The summed E-state index contributed by atoms with van der Waals surface area (Å²) in [6, 6.07) is 11.9. The van der Waals surface area contributed by atoms with Crippen LogP contribution in [0.4, 0.5) is 0 Å². The number of thiophene rings is 1. The van der Waals surface area contributed by atoms with Crippen molar-refractivity contribution < 1.29 is 14.0 Å². The molecule has 2 N–H and O–H groups in total.